The fraction of sp³-hybridized carbons (Fsp3) is 0.625. The van der Waals surface area contributed by atoms with Crippen LogP contribution >= 0.6 is 0 Å². The van der Waals surface area contributed by atoms with Crippen LogP contribution in [0.5, 0.6) is 0 Å². The van der Waals surface area contributed by atoms with E-state index in [9.17, 15) is 0 Å². The highest BCUT2D eigenvalue weighted by Crippen LogP contribution is 2.31. The van der Waals surface area contributed by atoms with E-state index in [-0.39, 0.29) is 0 Å². The fourth-order valence-electron chi connectivity index (χ4n) is 3.24. The van der Waals surface area contributed by atoms with Gasteiger partial charge in [-0.05, 0) is 38.1 Å². The van der Waals surface area contributed by atoms with Gasteiger partial charge in [0.1, 0.15) is 0 Å². The zero-order valence-electron chi connectivity index (χ0n) is 12.5. The Bertz CT molecular complexity index is 440. The molecule has 1 fully saturated rings. The van der Waals surface area contributed by atoms with Crippen molar-refractivity contribution in [3.63, 3.8) is 0 Å². The van der Waals surface area contributed by atoms with Crippen molar-refractivity contribution in [3.8, 4) is 0 Å². The molecule has 0 unspecified atom stereocenters. The van der Waals surface area contributed by atoms with Crippen LogP contribution in [0, 0.1) is 0 Å². The highest BCUT2D eigenvalue weighted by molar-refractivity contribution is 5.73. The summed E-state index contributed by atoms with van der Waals surface area (Å²) in [5, 5.41) is 0. The number of rotatable bonds is 3. The van der Waals surface area contributed by atoms with Gasteiger partial charge in [0.05, 0.1) is 11.4 Å². The van der Waals surface area contributed by atoms with E-state index in [0.29, 0.717) is 6.04 Å². The first-order valence-electron chi connectivity index (χ1n) is 7.77. The van der Waals surface area contributed by atoms with Gasteiger partial charge in [0.2, 0.25) is 0 Å². The maximum atomic E-state index is 5.97. The molecule has 0 saturated carbocycles. The van der Waals surface area contributed by atoms with Crippen LogP contribution in [-0.4, -0.2) is 57.3 Å². The predicted octanol–water partition coefficient (Wildman–Crippen LogP) is 1.37. The zero-order valence-corrected chi connectivity index (χ0v) is 12.5. The number of fused-ring (bicyclic) bond motifs is 1. The van der Waals surface area contributed by atoms with E-state index in [4.69, 9.17) is 5.73 Å². The van der Waals surface area contributed by atoms with Gasteiger partial charge in [-0.25, -0.2) is 0 Å². The molecule has 0 bridgehead atoms. The number of piperidine rings is 1. The van der Waals surface area contributed by atoms with Gasteiger partial charge in [0.15, 0.2) is 0 Å². The summed E-state index contributed by atoms with van der Waals surface area (Å²) in [7, 11) is 2.18. The number of nitrogens with zero attached hydrogens (tertiary/aromatic N) is 3. The van der Waals surface area contributed by atoms with Gasteiger partial charge in [0.25, 0.3) is 0 Å². The first kappa shape index (κ1) is 13.7. The van der Waals surface area contributed by atoms with Crippen LogP contribution in [0.2, 0.25) is 0 Å². The lowest BCUT2D eigenvalue weighted by Crippen LogP contribution is -2.46. The predicted molar refractivity (Wildman–Crippen MR) is 85.6 cm³/mol. The Balaban J connectivity index is 1.60. The van der Waals surface area contributed by atoms with Gasteiger partial charge in [-0.15, -0.1) is 0 Å². The molecule has 20 heavy (non-hydrogen) atoms. The van der Waals surface area contributed by atoms with Crippen molar-refractivity contribution < 1.29 is 0 Å². The maximum Gasteiger partial charge on any atom is 0.0605 e. The Morgan fingerprint density at radius 2 is 1.70 bits per heavy atom. The Kier molecular flexibility index (Phi) is 4.13. The minimum absolute atomic E-state index is 0.426. The van der Waals surface area contributed by atoms with Gasteiger partial charge in [-0.1, -0.05) is 12.1 Å². The Hall–Kier alpha value is -1.26. The largest absolute Gasteiger partial charge is 0.371 e. The Labute approximate surface area is 122 Å². The number of likely N-dealkylation sites (tertiary alicyclic amines) is 1. The highest BCUT2D eigenvalue weighted by atomic mass is 15.3. The van der Waals surface area contributed by atoms with E-state index in [2.05, 4.69) is 46.0 Å². The Morgan fingerprint density at radius 3 is 2.45 bits per heavy atom. The van der Waals surface area contributed by atoms with Crippen molar-refractivity contribution in [1.29, 1.82) is 0 Å². The van der Waals surface area contributed by atoms with Gasteiger partial charge in [-0.2, -0.15) is 0 Å². The number of hydrogen-bond donors (Lipinski definition) is 1. The van der Waals surface area contributed by atoms with Crippen LogP contribution in [0.25, 0.3) is 0 Å². The number of benzene rings is 1. The van der Waals surface area contributed by atoms with Crippen LogP contribution in [0.15, 0.2) is 24.3 Å². The summed E-state index contributed by atoms with van der Waals surface area (Å²) in [5.41, 5.74) is 8.72. The summed E-state index contributed by atoms with van der Waals surface area (Å²) in [6.07, 6.45) is 2.30. The Morgan fingerprint density at radius 1 is 1.00 bits per heavy atom. The molecule has 1 saturated heterocycles. The molecule has 2 heterocycles. The first-order chi connectivity index (χ1) is 9.74. The second-order valence-corrected chi connectivity index (χ2v) is 6.08. The fourth-order valence-corrected chi connectivity index (χ4v) is 3.24. The molecule has 4 heteroatoms. The summed E-state index contributed by atoms with van der Waals surface area (Å²) in [6, 6.07) is 9.17. The lowest BCUT2D eigenvalue weighted by atomic mass is 10.1. The molecule has 0 atom stereocenters. The van der Waals surface area contributed by atoms with Crippen LogP contribution in [-0.2, 0) is 0 Å². The summed E-state index contributed by atoms with van der Waals surface area (Å²) in [5.74, 6) is 0. The lowest BCUT2D eigenvalue weighted by molar-refractivity contribution is 0.217. The van der Waals surface area contributed by atoms with Gasteiger partial charge >= 0.3 is 0 Å². The summed E-state index contributed by atoms with van der Waals surface area (Å²) in [6.45, 7) is 6.85. The molecular formula is C16H26N4. The molecule has 1 aromatic rings. The van der Waals surface area contributed by atoms with Crippen molar-refractivity contribution in [2.24, 2.45) is 5.73 Å². The number of likely N-dealkylation sites (N-methyl/N-ethyl adjacent to an activating group) is 1. The van der Waals surface area contributed by atoms with Crippen molar-refractivity contribution in [3.05, 3.63) is 24.3 Å². The quantitative estimate of drug-likeness (QED) is 0.903. The molecule has 1 aromatic carbocycles. The number of hydrogen-bond acceptors (Lipinski definition) is 4. The highest BCUT2D eigenvalue weighted by Gasteiger charge is 2.21. The van der Waals surface area contributed by atoms with Crippen LogP contribution in [0.4, 0.5) is 11.4 Å². The summed E-state index contributed by atoms with van der Waals surface area (Å²) >= 11 is 0. The molecule has 3 rings (SSSR count). The van der Waals surface area contributed by atoms with E-state index < -0.39 is 0 Å². The molecule has 2 N–H and O–H groups in total. The van der Waals surface area contributed by atoms with Crippen molar-refractivity contribution in [2.45, 2.75) is 18.9 Å². The minimum atomic E-state index is 0.426. The lowest BCUT2D eigenvalue weighted by Gasteiger charge is -2.38. The second kappa shape index (κ2) is 6.02. The second-order valence-electron chi connectivity index (χ2n) is 6.08. The minimum Gasteiger partial charge on any atom is -0.371 e. The average Bonchev–Trinajstić information content (AvgIpc) is 2.49. The molecule has 0 radical (unpaired) electrons. The summed E-state index contributed by atoms with van der Waals surface area (Å²) < 4.78 is 0. The molecule has 0 aliphatic carbocycles. The standard InChI is InChI=1S/C16H26N4/c1-18-10-12-20(16-5-3-2-4-15(16)18)13-11-19-8-6-14(17)7-9-19/h2-5,14H,6-13,17H2,1H3. The van der Waals surface area contributed by atoms with Gasteiger partial charge in [0, 0.05) is 39.3 Å². The van der Waals surface area contributed by atoms with Crippen molar-refractivity contribution in [2.75, 3.05) is 56.1 Å². The van der Waals surface area contributed by atoms with E-state index in [0.717, 1.165) is 52.1 Å². The number of anilines is 2. The molecule has 110 valence electrons. The molecule has 0 aromatic heterocycles. The smallest absolute Gasteiger partial charge is 0.0605 e. The zero-order chi connectivity index (χ0) is 13.9. The number of para-hydroxylation sites is 2. The third-order valence-corrected chi connectivity index (χ3v) is 4.66. The molecule has 2 aliphatic heterocycles. The molecular weight excluding hydrogens is 248 g/mol. The molecule has 0 spiro atoms. The SMILES string of the molecule is CN1CCN(CCN2CCC(N)CC2)c2ccccc21. The van der Waals surface area contributed by atoms with Gasteiger partial charge < -0.3 is 20.4 Å². The van der Waals surface area contributed by atoms with Crippen molar-refractivity contribution >= 4 is 11.4 Å². The molecule has 0 amide bonds. The topological polar surface area (TPSA) is 35.7 Å². The number of nitrogens with two attached hydrogens (primary N) is 1. The normalized spacial score (nSPS) is 21.1. The monoisotopic (exact) mass is 274 g/mol. The van der Waals surface area contributed by atoms with Crippen molar-refractivity contribution in [1.82, 2.24) is 4.90 Å². The van der Waals surface area contributed by atoms with Gasteiger partial charge in [-0.3, -0.25) is 0 Å². The maximum absolute atomic E-state index is 5.97. The van der Waals surface area contributed by atoms with E-state index in [1.54, 1.807) is 0 Å². The van der Waals surface area contributed by atoms with Crippen LogP contribution < -0.4 is 15.5 Å². The van der Waals surface area contributed by atoms with E-state index >= 15 is 0 Å². The van der Waals surface area contributed by atoms with Crippen LogP contribution in [0.3, 0.4) is 0 Å². The van der Waals surface area contributed by atoms with E-state index in [1.165, 1.54) is 11.4 Å². The van der Waals surface area contributed by atoms with E-state index in [1.807, 2.05) is 0 Å². The average molecular weight is 274 g/mol. The first-order valence-corrected chi connectivity index (χ1v) is 7.77. The molecule has 2 aliphatic rings. The summed E-state index contributed by atoms with van der Waals surface area (Å²) in [4.78, 5) is 7.44. The third kappa shape index (κ3) is 2.91. The third-order valence-electron chi connectivity index (χ3n) is 4.66. The van der Waals surface area contributed by atoms with Crippen LogP contribution in [0.1, 0.15) is 12.8 Å². The molecule has 4 nitrogen and oxygen atoms in total.